The van der Waals surface area contributed by atoms with Crippen molar-refractivity contribution in [1.29, 1.82) is 0 Å². The minimum absolute atomic E-state index is 0.518. The van der Waals surface area contributed by atoms with Crippen LogP contribution in [-0.4, -0.2) is 14.8 Å². The van der Waals surface area contributed by atoms with E-state index in [-0.39, 0.29) is 0 Å². The maximum absolute atomic E-state index is 5.54. The molecular weight excluding hydrogens is 190 g/mol. The van der Waals surface area contributed by atoms with E-state index in [9.17, 15) is 0 Å². The van der Waals surface area contributed by atoms with Crippen molar-refractivity contribution in [3.63, 3.8) is 0 Å². The number of aromatic nitrogens is 3. The number of hydrogen-bond acceptors (Lipinski definition) is 4. The maximum atomic E-state index is 5.54. The smallest absolute Gasteiger partial charge is 0.130 e. The topological polar surface area (TPSA) is 68.8 Å². The summed E-state index contributed by atoms with van der Waals surface area (Å²) in [6.45, 7) is 0.518. The van der Waals surface area contributed by atoms with Crippen molar-refractivity contribution in [2.24, 2.45) is 12.8 Å². The first kappa shape index (κ1) is 9.67. The highest BCUT2D eigenvalue weighted by atomic mass is 15.3. The van der Waals surface area contributed by atoms with Crippen LogP contribution in [0.5, 0.6) is 0 Å². The second-order valence-electron chi connectivity index (χ2n) is 3.28. The lowest BCUT2D eigenvalue weighted by Gasteiger charge is -2.03. The fourth-order valence-electron chi connectivity index (χ4n) is 1.30. The van der Waals surface area contributed by atoms with E-state index in [1.165, 1.54) is 0 Å². The van der Waals surface area contributed by atoms with E-state index >= 15 is 0 Å². The highest BCUT2D eigenvalue weighted by Crippen LogP contribution is 2.13. The molecule has 15 heavy (non-hydrogen) atoms. The summed E-state index contributed by atoms with van der Waals surface area (Å²) in [5.74, 6) is 0.783. The Morgan fingerprint density at radius 1 is 1.53 bits per heavy atom. The van der Waals surface area contributed by atoms with E-state index in [0.717, 1.165) is 17.1 Å². The Morgan fingerprint density at radius 3 is 3.07 bits per heavy atom. The number of nitrogens with one attached hydrogen (secondary N) is 1. The first-order valence-electron chi connectivity index (χ1n) is 4.68. The second kappa shape index (κ2) is 4.10. The lowest BCUT2D eigenvalue weighted by molar-refractivity contribution is 0.768. The molecule has 0 unspecified atom stereocenters. The molecule has 0 aliphatic rings. The number of nitrogens with zero attached hydrogens (tertiary/aromatic N) is 3. The molecule has 0 saturated carbocycles. The predicted molar refractivity (Wildman–Crippen MR) is 58.6 cm³/mol. The number of nitrogens with two attached hydrogens (primary N) is 1. The SMILES string of the molecule is Cn1cc(Nc2cc(CN)ccn2)cn1. The number of aryl methyl sites for hydroxylation is 1. The van der Waals surface area contributed by atoms with Crippen molar-refractivity contribution < 1.29 is 0 Å². The van der Waals surface area contributed by atoms with Crippen molar-refractivity contribution in [3.05, 3.63) is 36.3 Å². The molecule has 0 bridgehead atoms. The maximum Gasteiger partial charge on any atom is 0.130 e. The number of anilines is 2. The van der Waals surface area contributed by atoms with Crippen LogP contribution in [0.15, 0.2) is 30.7 Å². The quantitative estimate of drug-likeness (QED) is 0.781. The van der Waals surface area contributed by atoms with Crippen LogP contribution in [0.1, 0.15) is 5.56 Å². The average Bonchev–Trinajstić information content (AvgIpc) is 2.64. The van der Waals surface area contributed by atoms with Gasteiger partial charge in [-0.25, -0.2) is 4.98 Å². The summed E-state index contributed by atoms with van der Waals surface area (Å²) in [7, 11) is 1.87. The Kier molecular flexibility index (Phi) is 2.64. The molecule has 2 rings (SSSR count). The minimum atomic E-state index is 0.518. The van der Waals surface area contributed by atoms with Crippen molar-refractivity contribution >= 4 is 11.5 Å². The molecule has 0 radical (unpaired) electrons. The van der Waals surface area contributed by atoms with Gasteiger partial charge in [0.2, 0.25) is 0 Å². The third kappa shape index (κ3) is 2.32. The van der Waals surface area contributed by atoms with E-state index in [4.69, 9.17) is 5.73 Å². The Balaban J connectivity index is 2.16. The van der Waals surface area contributed by atoms with Gasteiger partial charge >= 0.3 is 0 Å². The Labute approximate surface area is 87.9 Å². The van der Waals surface area contributed by atoms with Crippen LogP contribution in [0.3, 0.4) is 0 Å². The van der Waals surface area contributed by atoms with Crippen LogP contribution in [0.4, 0.5) is 11.5 Å². The molecule has 5 nitrogen and oxygen atoms in total. The third-order valence-electron chi connectivity index (χ3n) is 2.04. The summed E-state index contributed by atoms with van der Waals surface area (Å²) < 4.78 is 1.73. The summed E-state index contributed by atoms with van der Waals surface area (Å²) in [5.41, 5.74) is 7.51. The van der Waals surface area contributed by atoms with E-state index in [2.05, 4.69) is 15.4 Å². The Hall–Kier alpha value is -1.88. The zero-order chi connectivity index (χ0) is 10.7. The van der Waals surface area contributed by atoms with Crippen LogP contribution < -0.4 is 11.1 Å². The van der Waals surface area contributed by atoms with Gasteiger partial charge in [0, 0.05) is 26.0 Å². The average molecular weight is 203 g/mol. The molecule has 0 aliphatic carbocycles. The molecule has 0 fully saturated rings. The molecule has 2 heterocycles. The zero-order valence-electron chi connectivity index (χ0n) is 8.51. The van der Waals surface area contributed by atoms with Gasteiger partial charge in [0.05, 0.1) is 11.9 Å². The first-order valence-corrected chi connectivity index (χ1v) is 4.68. The molecule has 0 spiro atoms. The minimum Gasteiger partial charge on any atom is -0.338 e. The Bertz CT molecular complexity index is 449. The molecule has 3 N–H and O–H groups in total. The Morgan fingerprint density at radius 2 is 2.40 bits per heavy atom. The van der Waals surface area contributed by atoms with Gasteiger partial charge in [-0.15, -0.1) is 0 Å². The van der Waals surface area contributed by atoms with Gasteiger partial charge in [-0.3, -0.25) is 4.68 Å². The number of rotatable bonds is 3. The zero-order valence-corrected chi connectivity index (χ0v) is 8.51. The lowest BCUT2D eigenvalue weighted by atomic mass is 10.2. The van der Waals surface area contributed by atoms with Crippen LogP contribution in [0.25, 0.3) is 0 Å². The largest absolute Gasteiger partial charge is 0.338 e. The molecule has 78 valence electrons. The molecule has 2 aromatic rings. The molecule has 0 aliphatic heterocycles. The summed E-state index contributed by atoms with van der Waals surface area (Å²) in [6.07, 6.45) is 5.37. The van der Waals surface area contributed by atoms with Gasteiger partial charge in [-0.1, -0.05) is 0 Å². The van der Waals surface area contributed by atoms with Crippen molar-refractivity contribution in [1.82, 2.24) is 14.8 Å². The fourth-order valence-corrected chi connectivity index (χ4v) is 1.30. The van der Waals surface area contributed by atoms with E-state index in [0.29, 0.717) is 6.54 Å². The monoisotopic (exact) mass is 203 g/mol. The van der Waals surface area contributed by atoms with Crippen LogP contribution >= 0.6 is 0 Å². The van der Waals surface area contributed by atoms with Crippen LogP contribution in [0, 0.1) is 0 Å². The third-order valence-corrected chi connectivity index (χ3v) is 2.04. The van der Waals surface area contributed by atoms with Crippen molar-refractivity contribution in [2.75, 3.05) is 5.32 Å². The summed E-state index contributed by atoms with van der Waals surface area (Å²) >= 11 is 0. The first-order chi connectivity index (χ1) is 7.28. The van der Waals surface area contributed by atoms with Gasteiger partial charge in [-0.2, -0.15) is 5.10 Å². The highest BCUT2D eigenvalue weighted by molar-refractivity contribution is 5.54. The molecular formula is C10H13N5. The molecule has 0 saturated heterocycles. The standard InChI is InChI=1S/C10H13N5/c1-15-7-9(6-13-15)14-10-4-8(5-11)2-3-12-10/h2-4,6-7H,5,11H2,1H3,(H,12,14). The number of hydrogen-bond donors (Lipinski definition) is 2. The normalized spacial score (nSPS) is 10.3. The number of pyridine rings is 1. The van der Waals surface area contributed by atoms with E-state index < -0.39 is 0 Å². The molecule has 0 aromatic carbocycles. The summed E-state index contributed by atoms with van der Waals surface area (Å²) in [5, 5.41) is 7.21. The summed E-state index contributed by atoms with van der Waals surface area (Å²) in [4.78, 5) is 4.19. The van der Waals surface area contributed by atoms with E-state index in [1.807, 2.05) is 25.4 Å². The van der Waals surface area contributed by atoms with Crippen molar-refractivity contribution in [3.8, 4) is 0 Å². The van der Waals surface area contributed by atoms with Gasteiger partial charge in [0.1, 0.15) is 5.82 Å². The molecule has 0 atom stereocenters. The van der Waals surface area contributed by atoms with Gasteiger partial charge in [0.25, 0.3) is 0 Å². The van der Waals surface area contributed by atoms with Gasteiger partial charge in [-0.05, 0) is 17.7 Å². The molecule has 5 heteroatoms. The predicted octanol–water partition coefficient (Wildman–Crippen LogP) is 1.02. The van der Waals surface area contributed by atoms with Gasteiger partial charge in [0.15, 0.2) is 0 Å². The van der Waals surface area contributed by atoms with Gasteiger partial charge < -0.3 is 11.1 Å². The van der Waals surface area contributed by atoms with E-state index in [1.54, 1.807) is 17.1 Å². The molecule has 0 amide bonds. The fraction of sp³-hybridized carbons (Fsp3) is 0.200. The highest BCUT2D eigenvalue weighted by Gasteiger charge is 1.98. The second-order valence-corrected chi connectivity index (χ2v) is 3.28. The van der Waals surface area contributed by atoms with Crippen LogP contribution in [-0.2, 0) is 13.6 Å². The lowest BCUT2D eigenvalue weighted by Crippen LogP contribution is -1.99. The summed E-state index contributed by atoms with van der Waals surface area (Å²) in [6, 6.07) is 3.82. The van der Waals surface area contributed by atoms with Crippen LogP contribution in [0.2, 0.25) is 0 Å². The molecule has 2 aromatic heterocycles. The van der Waals surface area contributed by atoms with Crippen molar-refractivity contribution in [2.45, 2.75) is 6.54 Å².